The van der Waals surface area contributed by atoms with Crippen LogP contribution in [-0.2, 0) is 4.74 Å². The zero-order chi connectivity index (χ0) is 17.7. The van der Waals surface area contributed by atoms with Crippen molar-refractivity contribution in [1.29, 1.82) is 0 Å². The Labute approximate surface area is 157 Å². The fraction of sp³-hybridized carbons (Fsp3) is 0.833. The van der Waals surface area contributed by atoms with E-state index in [0.29, 0.717) is 0 Å². The number of allylic oxidation sites excluding steroid dienone is 3. The van der Waals surface area contributed by atoms with Crippen molar-refractivity contribution in [3.05, 3.63) is 24.5 Å². The van der Waals surface area contributed by atoms with E-state index in [1.165, 1.54) is 77.0 Å². The molecule has 2 fully saturated rings. The molecule has 0 amide bonds. The normalized spacial score (nSPS) is 31.0. The van der Waals surface area contributed by atoms with Crippen LogP contribution in [0, 0.1) is 23.7 Å². The van der Waals surface area contributed by atoms with Gasteiger partial charge in [0, 0.05) is 0 Å². The van der Waals surface area contributed by atoms with Crippen LogP contribution < -0.4 is 0 Å². The van der Waals surface area contributed by atoms with E-state index in [9.17, 15) is 0 Å². The largest absolute Gasteiger partial charge is 0.501 e. The summed E-state index contributed by atoms with van der Waals surface area (Å²) in [6.45, 7) is 5.38. The molecule has 0 atom stereocenters. The maximum atomic E-state index is 5.68. The van der Waals surface area contributed by atoms with E-state index in [2.05, 4.69) is 32.1 Å². The van der Waals surface area contributed by atoms with Crippen LogP contribution in [0.3, 0.4) is 0 Å². The Bertz CT molecular complexity index is 368. The van der Waals surface area contributed by atoms with E-state index < -0.39 is 0 Å². The maximum absolute atomic E-state index is 5.68. The predicted molar refractivity (Wildman–Crippen MR) is 110 cm³/mol. The van der Waals surface area contributed by atoms with Crippen LogP contribution in [-0.4, -0.2) is 6.61 Å². The monoisotopic (exact) mass is 346 g/mol. The highest BCUT2D eigenvalue weighted by molar-refractivity contribution is 4.92. The molecule has 0 aromatic rings. The van der Waals surface area contributed by atoms with E-state index in [1.807, 2.05) is 6.26 Å². The van der Waals surface area contributed by atoms with Crippen LogP contribution in [0.1, 0.15) is 97.3 Å². The third-order valence-electron chi connectivity index (χ3n) is 6.52. The van der Waals surface area contributed by atoms with Crippen LogP contribution in [0.15, 0.2) is 24.5 Å². The Kier molecular flexibility index (Phi) is 10.4. The summed E-state index contributed by atoms with van der Waals surface area (Å²) < 4.78 is 5.68. The van der Waals surface area contributed by atoms with Gasteiger partial charge >= 0.3 is 0 Å². The third-order valence-corrected chi connectivity index (χ3v) is 6.52. The molecule has 0 aliphatic heterocycles. The summed E-state index contributed by atoms with van der Waals surface area (Å²) >= 11 is 0. The number of hydrogen-bond acceptors (Lipinski definition) is 1. The lowest BCUT2D eigenvalue weighted by molar-refractivity contribution is 0.113. The lowest BCUT2D eigenvalue weighted by atomic mass is 9.69. The Morgan fingerprint density at radius 1 is 0.800 bits per heavy atom. The highest BCUT2D eigenvalue weighted by Gasteiger charge is 2.30. The molecule has 2 aliphatic rings. The predicted octanol–water partition coefficient (Wildman–Crippen LogP) is 7.68. The molecule has 2 rings (SSSR count). The molecule has 2 aliphatic carbocycles. The number of unbranched alkanes of at least 4 members (excludes halogenated alkanes) is 3. The first-order chi connectivity index (χ1) is 12.3. The molecule has 0 heterocycles. The van der Waals surface area contributed by atoms with Gasteiger partial charge in [-0.25, -0.2) is 0 Å². The number of rotatable bonds is 10. The van der Waals surface area contributed by atoms with Gasteiger partial charge in [0.25, 0.3) is 0 Å². The SMILES string of the molecule is CCC=COC[C@H]1CC[C@H]([C@H]2CC[C@H](C=CCCCCC)CC2)CC1. The minimum absolute atomic E-state index is 0.806. The quantitative estimate of drug-likeness (QED) is 0.224. The number of hydrogen-bond donors (Lipinski definition) is 0. The van der Waals surface area contributed by atoms with Crippen LogP contribution in [0.4, 0.5) is 0 Å². The lowest BCUT2D eigenvalue weighted by Gasteiger charge is -2.37. The van der Waals surface area contributed by atoms with Gasteiger partial charge in [-0.2, -0.15) is 0 Å². The van der Waals surface area contributed by atoms with Crippen molar-refractivity contribution in [3.63, 3.8) is 0 Å². The fourth-order valence-corrected chi connectivity index (χ4v) is 4.79. The van der Waals surface area contributed by atoms with E-state index in [1.54, 1.807) is 0 Å². The topological polar surface area (TPSA) is 9.23 Å². The average molecular weight is 347 g/mol. The summed E-state index contributed by atoms with van der Waals surface area (Å²) in [5, 5.41) is 0. The summed E-state index contributed by atoms with van der Waals surface area (Å²) in [4.78, 5) is 0. The van der Waals surface area contributed by atoms with Crippen molar-refractivity contribution in [2.75, 3.05) is 6.61 Å². The molecular formula is C24H42O. The van der Waals surface area contributed by atoms with Crippen LogP contribution >= 0.6 is 0 Å². The molecule has 0 N–H and O–H groups in total. The number of ether oxygens (including phenoxy) is 1. The Morgan fingerprint density at radius 2 is 1.48 bits per heavy atom. The molecule has 0 saturated heterocycles. The molecule has 0 aromatic heterocycles. The van der Waals surface area contributed by atoms with Gasteiger partial charge in [-0.05, 0) is 94.3 Å². The van der Waals surface area contributed by atoms with Crippen molar-refractivity contribution in [2.45, 2.75) is 97.3 Å². The van der Waals surface area contributed by atoms with Crippen molar-refractivity contribution in [3.8, 4) is 0 Å². The smallest absolute Gasteiger partial charge is 0.0901 e. The molecule has 144 valence electrons. The minimum Gasteiger partial charge on any atom is -0.501 e. The molecule has 2 saturated carbocycles. The van der Waals surface area contributed by atoms with Crippen molar-refractivity contribution < 1.29 is 4.74 Å². The molecule has 0 bridgehead atoms. The lowest BCUT2D eigenvalue weighted by Crippen LogP contribution is -2.26. The summed E-state index contributed by atoms with van der Waals surface area (Å²) in [7, 11) is 0. The van der Waals surface area contributed by atoms with Crippen LogP contribution in [0.5, 0.6) is 0 Å². The van der Waals surface area contributed by atoms with Crippen molar-refractivity contribution in [2.24, 2.45) is 23.7 Å². The van der Waals surface area contributed by atoms with E-state index >= 15 is 0 Å². The second-order valence-corrected chi connectivity index (χ2v) is 8.49. The zero-order valence-electron chi connectivity index (χ0n) is 16.9. The van der Waals surface area contributed by atoms with Gasteiger partial charge < -0.3 is 4.74 Å². The van der Waals surface area contributed by atoms with Gasteiger partial charge in [-0.15, -0.1) is 0 Å². The zero-order valence-corrected chi connectivity index (χ0v) is 16.9. The summed E-state index contributed by atoms with van der Waals surface area (Å²) in [6, 6.07) is 0. The van der Waals surface area contributed by atoms with Gasteiger partial charge in [0.2, 0.25) is 0 Å². The Balaban J connectivity index is 1.58. The first kappa shape index (κ1) is 20.6. The molecule has 0 radical (unpaired) electrons. The highest BCUT2D eigenvalue weighted by Crippen LogP contribution is 2.41. The molecule has 25 heavy (non-hydrogen) atoms. The Hall–Kier alpha value is -0.720. The van der Waals surface area contributed by atoms with Crippen molar-refractivity contribution in [1.82, 2.24) is 0 Å². The van der Waals surface area contributed by atoms with Crippen LogP contribution in [0.25, 0.3) is 0 Å². The van der Waals surface area contributed by atoms with Crippen molar-refractivity contribution >= 4 is 0 Å². The molecule has 0 aromatic carbocycles. The van der Waals surface area contributed by atoms with E-state index in [-0.39, 0.29) is 0 Å². The third kappa shape index (κ3) is 8.01. The molecule has 1 nitrogen and oxygen atoms in total. The van der Waals surface area contributed by atoms with Gasteiger partial charge in [0.1, 0.15) is 0 Å². The van der Waals surface area contributed by atoms with Gasteiger partial charge in [0.15, 0.2) is 0 Å². The first-order valence-corrected chi connectivity index (χ1v) is 11.3. The van der Waals surface area contributed by atoms with Gasteiger partial charge in [0.05, 0.1) is 12.9 Å². The fourth-order valence-electron chi connectivity index (χ4n) is 4.79. The summed E-state index contributed by atoms with van der Waals surface area (Å²) in [5.74, 6) is 3.72. The molecule has 0 spiro atoms. The van der Waals surface area contributed by atoms with Gasteiger partial charge in [-0.3, -0.25) is 0 Å². The van der Waals surface area contributed by atoms with Gasteiger partial charge in [-0.1, -0.05) is 44.9 Å². The first-order valence-electron chi connectivity index (χ1n) is 11.3. The average Bonchev–Trinajstić information content (AvgIpc) is 2.66. The second-order valence-electron chi connectivity index (χ2n) is 8.49. The minimum atomic E-state index is 0.806. The highest BCUT2D eigenvalue weighted by atomic mass is 16.5. The second kappa shape index (κ2) is 12.6. The standard InChI is InChI=1S/C24H42O/c1-3-5-7-8-9-10-21-11-15-23(16-12-21)24-17-13-22(14-18-24)20-25-19-6-4-2/h6,9-10,19,21-24H,3-5,7-8,11-18,20H2,1-2H3/t21-,22-,23-,24-. The summed E-state index contributed by atoms with van der Waals surface area (Å²) in [6.07, 6.45) is 27.0. The summed E-state index contributed by atoms with van der Waals surface area (Å²) in [5.41, 5.74) is 0. The van der Waals surface area contributed by atoms with E-state index in [4.69, 9.17) is 4.74 Å². The molecule has 0 unspecified atom stereocenters. The molecular weight excluding hydrogens is 304 g/mol. The van der Waals surface area contributed by atoms with Crippen LogP contribution in [0.2, 0.25) is 0 Å². The maximum Gasteiger partial charge on any atom is 0.0901 e. The molecule has 1 heteroatoms. The Morgan fingerprint density at radius 3 is 2.12 bits per heavy atom. The van der Waals surface area contributed by atoms with E-state index in [0.717, 1.165) is 36.7 Å².